The number of nitrogens with zero attached hydrogens (tertiary/aromatic N) is 2. The minimum atomic E-state index is 0.260. The first-order valence-corrected chi connectivity index (χ1v) is 22.8. The molecule has 5 aliphatic rings. The van der Waals surface area contributed by atoms with Gasteiger partial charge in [-0.05, 0) is 210 Å². The minimum absolute atomic E-state index is 0.260. The molecule has 0 saturated heterocycles. The number of benzene rings is 7. The molecule has 2 nitrogen and oxygen atoms in total. The van der Waals surface area contributed by atoms with Crippen molar-refractivity contribution in [1.82, 2.24) is 0 Å². The molecule has 2 heteroatoms. The summed E-state index contributed by atoms with van der Waals surface area (Å²) in [7, 11) is 0. The molecule has 7 aromatic rings. The normalized spacial score (nSPS) is 18.0. The van der Waals surface area contributed by atoms with Gasteiger partial charge in [0, 0.05) is 27.8 Å². The van der Waals surface area contributed by atoms with Crippen LogP contribution in [-0.2, 0) is 38.5 Å². The highest BCUT2D eigenvalue weighted by atomic mass is 15.2. The highest BCUT2D eigenvalue weighted by Crippen LogP contribution is 2.49. The number of rotatable bonds is 7. The zero-order chi connectivity index (χ0) is 39.2. The summed E-state index contributed by atoms with van der Waals surface area (Å²) in [5.41, 5.74) is 20.3. The van der Waals surface area contributed by atoms with Crippen molar-refractivity contribution in [1.29, 1.82) is 0 Å². The number of fused-ring (bicyclic) bond motifs is 8. The van der Waals surface area contributed by atoms with Crippen molar-refractivity contribution < 1.29 is 0 Å². The Morgan fingerprint density at radius 2 is 1.02 bits per heavy atom. The third kappa shape index (κ3) is 5.88. The predicted octanol–water partition coefficient (Wildman–Crippen LogP) is 15.2. The number of allylic oxidation sites excluding steroid dienone is 2. The van der Waals surface area contributed by atoms with Crippen LogP contribution >= 0.6 is 0 Å². The van der Waals surface area contributed by atoms with Crippen LogP contribution in [0.5, 0.6) is 0 Å². The van der Waals surface area contributed by atoms with Crippen LogP contribution in [0.2, 0.25) is 0 Å². The first kappa shape index (κ1) is 35.4. The van der Waals surface area contributed by atoms with Gasteiger partial charge in [0.05, 0.1) is 17.4 Å². The second-order valence-corrected chi connectivity index (χ2v) is 18.6. The average molecular weight is 767 g/mol. The fourth-order valence-corrected chi connectivity index (χ4v) is 11.8. The van der Waals surface area contributed by atoms with Gasteiger partial charge in [0.1, 0.15) is 0 Å². The number of aryl methyl sites for hydroxylation is 6. The van der Waals surface area contributed by atoms with E-state index in [0.29, 0.717) is 5.92 Å². The molecule has 0 bridgehead atoms. The van der Waals surface area contributed by atoms with Crippen LogP contribution in [-0.4, -0.2) is 6.04 Å². The predicted molar refractivity (Wildman–Crippen MR) is 251 cm³/mol. The fourth-order valence-electron chi connectivity index (χ4n) is 11.8. The van der Waals surface area contributed by atoms with Crippen molar-refractivity contribution in [3.05, 3.63) is 171 Å². The van der Waals surface area contributed by atoms with Crippen molar-refractivity contribution in [2.45, 2.75) is 109 Å². The summed E-state index contributed by atoms with van der Waals surface area (Å²) in [6.07, 6.45) is 20.7. The van der Waals surface area contributed by atoms with Crippen molar-refractivity contribution in [3.63, 3.8) is 0 Å². The summed E-state index contributed by atoms with van der Waals surface area (Å²) >= 11 is 0. The molecule has 59 heavy (non-hydrogen) atoms. The second-order valence-electron chi connectivity index (χ2n) is 18.6. The maximum atomic E-state index is 2.74. The first-order chi connectivity index (χ1) is 29.0. The van der Waals surface area contributed by atoms with Gasteiger partial charge < -0.3 is 9.80 Å². The zero-order valence-electron chi connectivity index (χ0n) is 34.8. The molecular weight excluding hydrogens is 713 g/mol. The minimum Gasteiger partial charge on any atom is -0.334 e. The molecule has 5 aliphatic carbocycles. The van der Waals surface area contributed by atoms with Crippen LogP contribution in [0.1, 0.15) is 104 Å². The first-order valence-electron chi connectivity index (χ1n) is 22.8. The van der Waals surface area contributed by atoms with Crippen LogP contribution < -0.4 is 9.80 Å². The molecular formula is C57H54N2. The SMILES string of the molecule is CC(C)c1ccc2c(c1)c(N(c1ccc3c(c1)CCC3)C1C=CC3=C(CCC3)C1)cc1c3ccccc3c(N(c3ccc4c(c3)CCC4)c3ccc4c(c3)CCC4)cc21. The summed E-state index contributed by atoms with van der Waals surface area (Å²) < 4.78 is 0. The van der Waals surface area contributed by atoms with E-state index >= 15 is 0 Å². The summed E-state index contributed by atoms with van der Waals surface area (Å²) in [5, 5.41) is 7.97. The Hall–Kier alpha value is -5.60. The van der Waals surface area contributed by atoms with Crippen molar-refractivity contribution in [2.24, 2.45) is 0 Å². The average Bonchev–Trinajstić information content (AvgIpc) is 4.11. The molecule has 1 unspecified atom stereocenters. The van der Waals surface area contributed by atoms with E-state index in [1.54, 1.807) is 11.1 Å². The Morgan fingerprint density at radius 1 is 0.458 bits per heavy atom. The van der Waals surface area contributed by atoms with E-state index in [4.69, 9.17) is 0 Å². The molecule has 292 valence electrons. The van der Waals surface area contributed by atoms with Crippen LogP contribution in [0, 0.1) is 0 Å². The standard InChI is InChI=1S/C57H54N2/c1-36(2)41-23-28-51-54-34-56(58(46-24-19-37-9-5-13-42(37)29-46)47-25-20-38-10-6-14-43(38)30-47)52-18-4-3-17-50(52)53(54)35-57(55(51)33-41)59(48-26-21-39-11-7-15-44(39)31-48)49-27-22-40-12-8-16-45(40)32-49/h3-4,17-31,33-36,49H,5-16,32H2,1-2H3. The third-order valence-electron chi connectivity index (χ3n) is 14.8. The topological polar surface area (TPSA) is 6.48 Å². The molecule has 0 fully saturated rings. The summed E-state index contributed by atoms with van der Waals surface area (Å²) in [4.78, 5) is 5.34. The van der Waals surface area contributed by atoms with Gasteiger partial charge in [-0.25, -0.2) is 0 Å². The highest BCUT2D eigenvalue weighted by molar-refractivity contribution is 6.24. The Bertz CT molecular complexity index is 2870. The lowest BCUT2D eigenvalue weighted by Gasteiger charge is -2.36. The van der Waals surface area contributed by atoms with E-state index in [1.807, 2.05) is 0 Å². The lowest BCUT2D eigenvalue weighted by molar-refractivity contribution is 0.737. The summed E-state index contributed by atoms with van der Waals surface area (Å²) in [6, 6.07) is 44.1. The quantitative estimate of drug-likeness (QED) is 0.149. The summed E-state index contributed by atoms with van der Waals surface area (Å²) in [5.74, 6) is 0.430. The van der Waals surface area contributed by atoms with E-state index in [1.165, 1.54) is 177 Å². The van der Waals surface area contributed by atoms with Crippen molar-refractivity contribution in [2.75, 3.05) is 9.80 Å². The third-order valence-corrected chi connectivity index (χ3v) is 14.8. The Labute approximate surface area is 349 Å². The van der Waals surface area contributed by atoms with E-state index in [2.05, 4.69) is 145 Å². The smallest absolute Gasteiger partial charge is 0.0562 e. The molecule has 0 N–H and O–H groups in total. The molecule has 0 aromatic heterocycles. The van der Waals surface area contributed by atoms with Crippen LogP contribution in [0.3, 0.4) is 0 Å². The van der Waals surface area contributed by atoms with E-state index in [9.17, 15) is 0 Å². The Balaban J connectivity index is 1.13. The summed E-state index contributed by atoms with van der Waals surface area (Å²) in [6.45, 7) is 4.68. The molecule has 0 amide bonds. The molecule has 12 rings (SSSR count). The Kier molecular flexibility index (Phi) is 8.40. The monoisotopic (exact) mass is 766 g/mol. The lowest BCUT2D eigenvalue weighted by Crippen LogP contribution is -2.31. The molecule has 0 radical (unpaired) electrons. The van der Waals surface area contributed by atoms with Crippen molar-refractivity contribution in [3.8, 4) is 0 Å². The van der Waals surface area contributed by atoms with Gasteiger partial charge >= 0.3 is 0 Å². The van der Waals surface area contributed by atoms with Crippen molar-refractivity contribution >= 4 is 60.8 Å². The maximum Gasteiger partial charge on any atom is 0.0562 e. The van der Waals surface area contributed by atoms with Crippen LogP contribution in [0.15, 0.2) is 132 Å². The van der Waals surface area contributed by atoms with Crippen LogP contribution in [0.25, 0.3) is 32.3 Å². The van der Waals surface area contributed by atoms with E-state index in [0.717, 1.165) is 6.42 Å². The number of hydrogen-bond acceptors (Lipinski definition) is 2. The Morgan fingerprint density at radius 3 is 1.68 bits per heavy atom. The fraction of sp³-hybridized carbons (Fsp3) is 0.298. The number of hydrogen-bond donors (Lipinski definition) is 0. The van der Waals surface area contributed by atoms with E-state index < -0.39 is 0 Å². The van der Waals surface area contributed by atoms with Gasteiger partial charge in [-0.15, -0.1) is 0 Å². The van der Waals surface area contributed by atoms with E-state index in [-0.39, 0.29) is 6.04 Å². The largest absolute Gasteiger partial charge is 0.334 e. The van der Waals surface area contributed by atoms with Crippen LogP contribution in [0.4, 0.5) is 28.4 Å². The lowest BCUT2D eigenvalue weighted by atomic mass is 9.89. The molecule has 1 atom stereocenters. The molecule has 0 heterocycles. The van der Waals surface area contributed by atoms with Gasteiger partial charge in [0.25, 0.3) is 0 Å². The molecule has 7 aromatic carbocycles. The zero-order valence-corrected chi connectivity index (χ0v) is 34.8. The van der Waals surface area contributed by atoms with Gasteiger partial charge in [-0.3, -0.25) is 0 Å². The molecule has 0 aliphatic heterocycles. The second kappa shape index (κ2) is 14.0. The number of anilines is 5. The highest BCUT2D eigenvalue weighted by Gasteiger charge is 2.30. The molecule has 0 saturated carbocycles. The molecule has 0 spiro atoms. The van der Waals surface area contributed by atoms with Gasteiger partial charge in [-0.1, -0.05) is 86.2 Å². The van der Waals surface area contributed by atoms with Gasteiger partial charge in [0.15, 0.2) is 0 Å². The maximum absolute atomic E-state index is 2.74. The van der Waals surface area contributed by atoms with Gasteiger partial charge in [-0.2, -0.15) is 0 Å². The van der Waals surface area contributed by atoms with Gasteiger partial charge in [0.2, 0.25) is 0 Å².